The number of aromatic nitrogens is 1. The van der Waals surface area contributed by atoms with E-state index in [9.17, 15) is 18.0 Å². The predicted molar refractivity (Wildman–Crippen MR) is 63.9 cm³/mol. The van der Waals surface area contributed by atoms with Crippen LogP contribution in [0.15, 0.2) is 24.3 Å². The summed E-state index contributed by atoms with van der Waals surface area (Å²) in [6.07, 6.45) is -4.49. The summed E-state index contributed by atoms with van der Waals surface area (Å²) >= 11 is 0.834. The van der Waals surface area contributed by atoms with E-state index in [0.717, 1.165) is 23.5 Å². The average Bonchev–Trinajstić information content (AvgIpc) is 2.71. The number of alkyl halides is 3. The lowest BCUT2D eigenvalue weighted by Crippen LogP contribution is -2.05. The third-order valence-corrected chi connectivity index (χ3v) is 3.23. The van der Waals surface area contributed by atoms with Crippen molar-refractivity contribution in [3.8, 4) is 10.4 Å². The van der Waals surface area contributed by atoms with Crippen molar-refractivity contribution < 1.29 is 23.1 Å². The fourth-order valence-electron chi connectivity index (χ4n) is 1.51. The van der Waals surface area contributed by atoms with Crippen LogP contribution in [0, 0.1) is 0 Å². The molecule has 2 rings (SSSR count). The van der Waals surface area contributed by atoms with Crippen LogP contribution in [0.3, 0.4) is 0 Å². The Bertz CT molecular complexity index is 637. The zero-order valence-corrected chi connectivity index (χ0v) is 10.0. The molecule has 0 bridgehead atoms. The number of nitrogens with two attached hydrogens (primary N) is 1. The molecule has 0 fully saturated rings. The van der Waals surface area contributed by atoms with Gasteiger partial charge in [-0.1, -0.05) is 23.5 Å². The van der Waals surface area contributed by atoms with Gasteiger partial charge in [0.05, 0.1) is 10.4 Å². The van der Waals surface area contributed by atoms with Crippen LogP contribution in [0.4, 0.5) is 18.3 Å². The number of carbonyl (C=O) groups is 1. The van der Waals surface area contributed by atoms with E-state index in [1.165, 1.54) is 12.1 Å². The lowest BCUT2D eigenvalue weighted by Gasteiger charge is -2.07. The monoisotopic (exact) mass is 288 g/mol. The van der Waals surface area contributed by atoms with Gasteiger partial charge in [-0.3, -0.25) is 0 Å². The van der Waals surface area contributed by atoms with Crippen LogP contribution < -0.4 is 5.73 Å². The summed E-state index contributed by atoms with van der Waals surface area (Å²) in [5.74, 6) is -1.33. The minimum absolute atomic E-state index is 0.00943. The summed E-state index contributed by atoms with van der Waals surface area (Å²) in [5, 5.41) is 8.93. The van der Waals surface area contributed by atoms with Gasteiger partial charge in [0, 0.05) is 0 Å². The minimum atomic E-state index is -4.49. The Balaban J connectivity index is 2.57. The van der Waals surface area contributed by atoms with E-state index < -0.39 is 17.7 Å². The second-order valence-corrected chi connectivity index (χ2v) is 4.64. The maximum absolute atomic E-state index is 12.6. The van der Waals surface area contributed by atoms with Gasteiger partial charge in [0.2, 0.25) is 0 Å². The average molecular weight is 288 g/mol. The molecule has 1 aromatic carbocycles. The summed E-state index contributed by atoms with van der Waals surface area (Å²) in [7, 11) is 0. The van der Waals surface area contributed by atoms with Crippen LogP contribution in [0.5, 0.6) is 0 Å². The number of carboxylic acids is 1. The van der Waals surface area contributed by atoms with Gasteiger partial charge < -0.3 is 10.8 Å². The molecular formula is C11H7F3N2O2S. The number of rotatable bonds is 2. The standard InChI is InChI=1S/C11H7F3N2O2S/c12-11(13,14)6-3-1-2-5(4-6)8-7(9(17)18)16-10(15)19-8/h1-4H,(H2,15,16)(H,17,18). The molecule has 4 nitrogen and oxygen atoms in total. The molecule has 3 N–H and O–H groups in total. The van der Waals surface area contributed by atoms with Gasteiger partial charge in [0.1, 0.15) is 0 Å². The molecule has 0 aliphatic rings. The van der Waals surface area contributed by atoms with Crippen molar-refractivity contribution in [3.05, 3.63) is 35.5 Å². The third-order valence-electron chi connectivity index (χ3n) is 2.30. The molecular weight excluding hydrogens is 281 g/mol. The lowest BCUT2D eigenvalue weighted by molar-refractivity contribution is -0.137. The molecule has 0 aliphatic carbocycles. The fraction of sp³-hybridized carbons (Fsp3) is 0.0909. The Morgan fingerprint density at radius 1 is 1.37 bits per heavy atom. The number of nitrogen functional groups attached to an aromatic ring is 1. The van der Waals surface area contributed by atoms with Crippen molar-refractivity contribution >= 4 is 22.4 Å². The molecule has 2 aromatic rings. The van der Waals surface area contributed by atoms with Gasteiger partial charge in [-0.2, -0.15) is 13.2 Å². The van der Waals surface area contributed by atoms with Crippen LogP contribution in [0.25, 0.3) is 10.4 Å². The highest BCUT2D eigenvalue weighted by Gasteiger charge is 2.31. The van der Waals surface area contributed by atoms with Crippen molar-refractivity contribution in [2.75, 3.05) is 5.73 Å². The number of anilines is 1. The van der Waals surface area contributed by atoms with E-state index in [1.807, 2.05) is 0 Å². The number of benzene rings is 1. The Kier molecular flexibility index (Phi) is 3.19. The fourth-order valence-corrected chi connectivity index (χ4v) is 2.33. The molecule has 19 heavy (non-hydrogen) atoms. The normalized spacial score (nSPS) is 11.5. The summed E-state index contributed by atoms with van der Waals surface area (Å²) < 4.78 is 37.8. The number of hydrogen-bond donors (Lipinski definition) is 2. The molecule has 100 valence electrons. The molecule has 0 spiro atoms. The van der Waals surface area contributed by atoms with Gasteiger partial charge in [-0.05, 0) is 17.7 Å². The van der Waals surface area contributed by atoms with E-state index in [-0.39, 0.29) is 21.3 Å². The van der Waals surface area contributed by atoms with E-state index in [1.54, 1.807) is 0 Å². The van der Waals surface area contributed by atoms with Crippen molar-refractivity contribution in [1.82, 2.24) is 4.98 Å². The molecule has 0 amide bonds. The van der Waals surface area contributed by atoms with Crippen LogP contribution in [0.2, 0.25) is 0 Å². The highest BCUT2D eigenvalue weighted by atomic mass is 32.1. The predicted octanol–water partition coefficient (Wildman–Crippen LogP) is 3.11. The largest absolute Gasteiger partial charge is 0.476 e. The molecule has 1 heterocycles. The lowest BCUT2D eigenvalue weighted by atomic mass is 10.1. The van der Waals surface area contributed by atoms with Gasteiger partial charge in [0.15, 0.2) is 10.8 Å². The van der Waals surface area contributed by atoms with Gasteiger partial charge in [-0.15, -0.1) is 0 Å². The molecule has 0 aliphatic heterocycles. The van der Waals surface area contributed by atoms with Crippen LogP contribution >= 0.6 is 11.3 Å². The SMILES string of the molecule is Nc1nc(C(=O)O)c(-c2cccc(C(F)(F)F)c2)s1. The van der Waals surface area contributed by atoms with E-state index >= 15 is 0 Å². The molecule has 1 aromatic heterocycles. The topological polar surface area (TPSA) is 76.2 Å². The molecule has 0 saturated carbocycles. The van der Waals surface area contributed by atoms with Crippen molar-refractivity contribution in [2.45, 2.75) is 6.18 Å². The highest BCUT2D eigenvalue weighted by Crippen LogP contribution is 2.36. The Labute approximate surface area is 109 Å². The van der Waals surface area contributed by atoms with Gasteiger partial charge in [0.25, 0.3) is 0 Å². The number of carboxylic acid groups (broad SMARTS) is 1. The second-order valence-electron chi connectivity index (χ2n) is 3.61. The summed E-state index contributed by atoms with van der Waals surface area (Å²) in [6.45, 7) is 0. The van der Waals surface area contributed by atoms with Crippen LogP contribution in [0.1, 0.15) is 16.1 Å². The zero-order valence-electron chi connectivity index (χ0n) is 9.23. The molecule has 8 heteroatoms. The first kappa shape index (κ1) is 13.3. The highest BCUT2D eigenvalue weighted by molar-refractivity contribution is 7.19. The smallest absolute Gasteiger partial charge is 0.416 e. The Morgan fingerprint density at radius 2 is 2.05 bits per heavy atom. The number of nitrogens with zero attached hydrogens (tertiary/aromatic N) is 1. The van der Waals surface area contributed by atoms with Crippen molar-refractivity contribution in [2.24, 2.45) is 0 Å². The second kappa shape index (κ2) is 4.54. The third kappa shape index (κ3) is 2.68. The number of aromatic carboxylic acids is 1. The quantitative estimate of drug-likeness (QED) is 0.890. The number of halogens is 3. The first-order valence-electron chi connectivity index (χ1n) is 4.96. The van der Waals surface area contributed by atoms with Crippen LogP contribution in [-0.2, 0) is 6.18 Å². The molecule has 0 unspecified atom stereocenters. The Hall–Kier alpha value is -2.09. The zero-order chi connectivity index (χ0) is 14.2. The van der Waals surface area contributed by atoms with Gasteiger partial charge in [-0.25, -0.2) is 9.78 Å². The molecule has 0 saturated heterocycles. The first-order valence-corrected chi connectivity index (χ1v) is 5.78. The number of thiazole rings is 1. The maximum atomic E-state index is 12.6. The van der Waals surface area contributed by atoms with Crippen molar-refractivity contribution in [3.63, 3.8) is 0 Å². The van der Waals surface area contributed by atoms with Crippen molar-refractivity contribution in [1.29, 1.82) is 0 Å². The minimum Gasteiger partial charge on any atom is -0.476 e. The maximum Gasteiger partial charge on any atom is 0.416 e. The van der Waals surface area contributed by atoms with Gasteiger partial charge >= 0.3 is 12.1 Å². The summed E-state index contributed by atoms with van der Waals surface area (Å²) in [5.41, 5.74) is 4.33. The Morgan fingerprint density at radius 3 is 2.63 bits per heavy atom. The van der Waals surface area contributed by atoms with Crippen LogP contribution in [-0.4, -0.2) is 16.1 Å². The van der Waals surface area contributed by atoms with E-state index in [4.69, 9.17) is 10.8 Å². The summed E-state index contributed by atoms with van der Waals surface area (Å²) in [4.78, 5) is 14.7. The van der Waals surface area contributed by atoms with E-state index in [0.29, 0.717) is 0 Å². The number of hydrogen-bond acceptors (Lipinski definition) is 4. The summed E-state index contributed by atoms with van der Waals surface area (Å²) in [6, 6.07) is 4.38. The van der Waals surface area contributed by atoms with E-state index in [2.05, 4.69) is 4.98 Å². The molecule has 0 radical (unpaired) electrons. The first-order chi connectivity index (χ1) is 8.79. The molecule has 0 atom stereocenters.